The van der Waals surface area contributed by atoms with Crippen LogP contribution in [0.3, 0.4) is 0 Å². The van der Waals surface area contributed by atoms with Crippen molar-refractivity contribution in [2.24, 2.45) is 4.99 Å². The molecule has 3 aromatic rings. The molecule has 0 saturated carbocycles. The average molecular weight is 594 g/mol. The molecule has 2 aliphatic heterocycles. The summed E-state index contributed by atoms with van der Waals surface area (Å²) < 4.78 is 6.23. The fraction of sp³-hybridized carbons (Fsp3) is 0.394. The minimum absolute atomic E-state index is 0.0676. The molecule has 41 heavy (non-hydrogen) atoms. The standard InChI is InChI=1S/C33H38Cl2N4O2/c1-6-41-28-21-24(32(2,3)4)11-16-27(28)30-37-33(5,23-9-14-26(35)15-10-23)29(22-7-12-25(34)13-8-22)39(30)31(40)38-19-17-36-18-20-38/h7-16,21,29,36H,6,17-20H2,1-5H3/t29-,33+/m1/s1. The Kier molecular flexibility index (Phi) is 8.38. The molecule has 3 aromatic carbocycles. The Morgan fingerprint density at radius 2 is 1.61 bits per heavy atom. The highest BCUT2D eigenvalue weighted by molar-refractivity contribution is 6.30. The van der Waals surface area contributed by atoms with Crippen molar-refractivity contribution < 1.29 is 9.53 Å². The van der Waals surface area contributed by atoms with Crippen LogP contribution in [0, 0.1) is 0 Å². The molecule has 0 spiro atoms. The summed E-state index contributed by atoms with van der Waals surface area (Å²) in [5.41, 5.74) is 2.96. The third-order valence-electron chi connectivity index (χ3n) is 7.95. The number of carbonyl (C=O) groups excluding carboxylic acids is 1. The van der Waals surface area contributed by atoms with E-state index in [0.29, 0.717) is 41.3 Å². The number of nitrogens with zero attached hydrogens (tertiary/aromatic N) is 3. The fourth-order valence-electron chi connectivity index (χ4n) is 5.69. The van der Waals surface area contributed by atoms with E-state index in [2.05, 4.69) is 51.2 Å². The predicted octanol–water partition coefficient (Wildman–Crippen LogP) is 7.43. The highest BCUT2D eigenvalue weighted by Gasteiger charge is 2.51. The zero-order valence-electron chi connectivity index (χ0n) is 24.4. The molecule has 1 saturated heterocycles. The summed E-state index contributed by atoms with van der Waals surface area (Å²) in [6, 6.07) is 21.2. The number of hydrogen-bond acceptors (Lipinski definition) is 4. The van der Waals surface area contributed by atoms with Crippen molar-refractivity contribution in [3.63, 3.8) is 0 Å². The number of amidine groups is 1. The lowest BCUT2D eigenvalue weighted by atomic mass is 9.81. The van der Waals surface area contributed by atoms with Gasteiger partial charge in [0.05, 0.1) is 18.2 Å². The number of aliphatic imine (C=N–C) groups is 1. The molecule has 5 rings (SSSR count). The molecular weight excluding hydrogens is 555 g/mol. The van der Waals surface area contributed by atoms with Gasteiger partial charge in [-0.15, -0.1) is 0 Å². The summed E-state index contributed by atoms with van der Waals surface area (Å²) in [5, 5.41) is 4.64. The maximum Gasteiger partial charge on any atom is 0.326 e. The largest absolute Gasteiger partial charge is 0.493 e. The van der Waals surface area contributed by atoms with Gasteiger partial charge < -0.3 is 15.0 Å². The van der Waals surface area contributed by atoms with Crippen molar-refractivity contribution in [2.45, 2.75) is 51.6 Å². The first-order valence-electron chi connectivity index (χ1n) is 14.2. The van der Waals surface area contributed by atoms with E-state index in [0.717, 1.165) is 35.3 Å². The van der Waals surface area contributed by atoms with Crippen LogP contribution >= 0.6 is 23.2 Å². The van der Waals surface area contributed by atoms with Gasteiger partial charge in [0, 0.05) is 36.2 Å². The summed E-state index contributed by atoms with van der Waals surface area (Å²) >= 11 is 12.6. The normalized spacial score (nSPS) is 21.1. The Bertz CT molecular complexity index is 1430. The van der Waals surface area contributed by atoms with E-state index in [1.807, 2.05) is 65.3 Å². The molecule has 6 nitrogen and oxygen atoms in total. The first-order valence-corrected chi connectivity index (χ1v) is 15.0. The zero-order valence-corrected chi connectivity index (χ0v) is 25.9. The number of rotatable bonds is 5. The van der Waals surface area contributed by atoms with E-state index in [1.165, 1.54) is 0 Å². The summed E-state index contributed by atoms with van der Waals surface area (Å²) in [7, 11) is 0. The molecule has 2 amide bonds. The van der Waals surface area contributed by atoms with E-state index >= 15 is 0 Å². The molecule has 0 aromatic heterocycles. The van der Waals surface area contributed by atoms with Crippen molar-refractivity contribution in [1.82, 2.24) is 15.1 Å². The van der Waals surface area contributed by atoms with Crippen molar-refractivity contribution in [2.75, 3.05) is 32.8 Å². The number of carbonyl (C=O) groups is 1. The first kappa shape index (κ1) is 29.4. The predicted molar refractivity (Wildman–Crippen MR) is 168 cm³/mol. The van der Waals surface area contributed by atoms with Gasteiger partial charge in [-0.2, -0.15) is 0 Å². The van der Waals surface area contributed by atoms with Crippen molar-refractivity contribution in [1.29, 1.82) is 0 Å². The minimum atomic E-state index is -0.816. The Morgan fingerprint density at radius 1 is 1.00 bits per heavy atom. The highest BCUT2D eigenvalue weighted by atomic mass is 35.5. The van der Waals surface area contributed by atoms with Crippen LogP contribution in [0.5, 0.6) is 5.75 Å². The van der Waals surface area contributed by atoms with Gasteiger partial charge in [-0.1, -0.05) is 74.3 Å². The van der Waals surface area contributed by atoms with Gasteiger partial charge in [-0.3, -0.25) is 9.89 Å². The summed E-state index contributed by atoms with van der Waals surface area (Å²) in [6.07, 6.45) is 0. The Morgan fingerprint density at radius 3 is 2.20 bits per heavy atom. The van der Waals surface area contributed by atoms with E-state index in [1.54, 1.807) is 0 Å². The number of nitrogens with one attached hydrogen (secondary N) is 1. The van der Waals surface area contributed by atoms with Gasteiger partial charge in [-0.25, -0.2) is 4.79 Å². The zero-order chi connectivity index (χ0) is 29.4. The van der Waals surface area contributed by atoms with Crippen molar-refractivity contribution in [3.8, 4) is 5.75 Å². The van der Waals surface area contributed by atoms with Crippen LogP contribution in [0.1, 0.15) is 62.9 Å². The van der Waals surface area contributed by atoms with Crippen LogP contribution in [0.4, 0.5) is 4.79 Å². The molecule has 2 atom stereocenters. The SMILES string of the molecule is CCOc1cc(C(C)(C)C)ccc1C1=N[C@@](C)(c2ccc(Cl)cc2)[C@@H](c2ccc(Cl)cc2)N1C(=O)N1CCNCC1. The summed E-state index contributed by atoms with van der Waals surface area (Å²) in [5.74, 6) is 1.31. The van der Waals surface area contributed by atoms with Gasteiger partial charge >= 0.3 is 6.03 Å². The topological polar surface area (TPSA) is 57.2 Å². The Balaban J connectivity index is 1.75. The van der Waals surface area contributed by atoms with Gasteiger partial charge in [0.2, 0.25) is 0 Å². The number of ether oxygens (including phenoxy) is 1. The molecule has 0 radical (unpaired) electrons. The molecule has 216 valence electrons. The van der Waals surface area contributed by atoms with Gasteiger partial charge in [0.15, 0.2) is 0 Å². The lowest BCUT2D eigenvalue weighted by Gasteiger charge is -2.39. The molecule has 0 aliphatic carbocycles. The van der Waals surface area contributed by atoms with Crippen molar-refractivity contribution >= 4 is 35.1 Å². The number of urea groups is 1. The number of piperazine rings is 1. The van der Waals surface area contributed by atoms with Crippen LogP contribution in [-0.4, -0.2) is 54.5 Å². The average Bonchev–Trinajstić information content (AvgIpc) is 3.27. The number of halogens is 2. The van der Waals surface area contributed by atoms with Crippen LogP contribution in [0.25, 0.3) is 0 Å². The maximum absolute atomic E-state index is 14.6. The molecule has 1 N–H and O–H groups in total. The van der Waals surface area contributed by atoms with E-state index in [9.17, 15) is 4.79 Å². The number of benzene rings is 3. The van der Waals surface area contributed by atoms with Crippen LogP contribution in [-0.2, 0) is 11.0 Å². The lowest BCUT2D eigenvalue weighted by Crippen LogP contribution is -2.53. The third-order valence-corrected chi connectivity index (χ3v) is 8.46. The quantitative estimate of drug-likeness (QED) is 0.335. The van der Waals surface area contributed by atoms with Crippen LogP contribution < -0.4 is 10.1 Å². The van der Waals surface area contributed by atoms with Gasteiger partial charge in [-0.05, 0) is 72.4 Å². The smallest absolute Gasteiger partial charge is 0.326 e. The Hall–Kier alpha value is -3.06. The minimum Gasteiger partial charge on any atom is -0.493 e. The monoisotopic (exact) mass is 592 g/mol. The molecular formula is C33H38Cl2N4O2. The Labute approximate surface area is 253 Å². The number of amides is 2. The highest BCUT2D eigenvalue weighted by Crippen LogP contribution is 2.50. The van der Waals surface area contributed by atoms with E-state index < -0.39 is 11.6 Å². The van der Waals surface area contributed by atoms with E-state index in [4.69, 9.17) is 32.9 Å². The van der Waals surface area contributed by atoms with Gasteiger partial charge in [0.25, 0.3) is 0 Å². The van der Waals surface area contributed by atoms with Gasteiger partial charge in [0.1, 0.15) is 17.1 Å². The first-order chi connectivity index (χ1) is 19.5. The van der Waals surface area contributed by atoms with Crippen molar-refractivity contribution in [3.05, 3.63) is 99.0 Å². The maximum atomic E-state index is 14.6. The second-order valence-electron chi connectivity index (χ2n) is 11.8. The van der Waals surface area contributed by atoms with Crippen LogP contribution in [0.15, 0.2) is 71.7 Å². The molecule has 2 aliphatic rings. The second kappa shape index (κ2) is 11.7. The van der Waals surface area contributed by atoms with E-state index in [-0.39, 0.29) is 11.4 Å². The molecule has 0 unspecified atom stereocenters. The third kappa shape index (κ3) is 5.83. The molecule has 8 heteroatoms. The van der Waals surface area contributed by atoms with Crippen LogP contribution in [0.2, 0.25) is 10.0 Å². The fourth-order valence-corrected chi connectivity index (χ4v) is 5.94. The second-order valence-corrected chi connectivity index (χ2v) is 12.7. The molecule has 0 bridgehead atoms. The molecule has 2 heterocycles. The summed E-state index contributed by atoms with van der Waals surface area (Å²) in [4.78, 5) is 23.8. The number of hydrogen-bond donors (Lipinski definition) is 1. The summed E-state index contributed by atoms with van der Waals surface area (Å²) in [6.45, 7) is 13.8. The lowest BCUT2D eigenvalue weighted by molar-refractivity contribution is 0.148. The molecule has 1 fully saturated rings.